The average Bonchev–Trinajstić information content (AvgIpc) is 3.30. The zero-order valence-electron chi connectivity index (χ0n) is 18.5. The van der Waals surface area contributed by atoms with Crippen molar-refractivity contribution < 1.29 is 9.90 Å². The number of nitriles is 1. The Bertz CT molecular complexity index is 1430. The lowest BCUT2D eigenvalue weighted by molar-refractivity contribution is -0.131. The number of nitrogens with zero attached hydrogens (tertiary/aromatic N) is 2. The summed E-state index contributed by atoms with van der Waals surface area (Å²) in [5.41, 5.74) is 8.96. The van der Waals surface area contributed by atoms with Crippen molar-refractivity contribution in [2.75, 3.05) is 0 Å². The van der Waals surface area contributed by atoms with E-state index >= 15 is 0 Å². The molecular weight excluding hydrogens is 410 g/mol. The molecule has 4 rings (SSSR count). The smallest absolute Gasteiger partial charge is 0.328 e. The van der Waals surface area contributed by atoms with Gasteiger partial charge in [0, 0.05) is 11.5 Å². The summed E-state index contributed by atoms with van der Waals surface area (Å²) < 4.78 is 0. The first-order valence-electron chi connectivity index (χ1n) is 10.7. The van der Waals surface area contributed by atoms with Gasteiger partial charge >= 0.3 is 5.97 Å². The van der Waals surface area contributed by atoms with E-state index in [4.69, 9.17) is 5.11 Å². The van der Waals surface area contributed by atoms with Gasteiger partial charge in [0.25, 0.3) is 0 Å². The van der Waals surface area contributed by atoms with Gasteiger partial charge < -0.3 is 5.11 Å². The number of aliphatic carboxylic acids is 1. The number of nitrogens with one attached hydrogen (secondary N) is 1. The molecule has 5 nitrogen and oxygen atoms in total. The van der Waals surface area contributed by atoms with E-state index in [1.165, 1.54) is 5.57 Å². The molecule has 4 aromatic rings. The number of allylic oxidation sites excluding steroid dienone is 1. The van der Waals surface area contributed by atoms with E-state index in [-0.39, 0.29) is 0 Å². The number of carbonyl (C=O) groups is 1. The third kappa shape index (κ3) is 4.60. The van der Waals surface area contributed by atoms with E-state index in [2.05, 4.69) is 35.3 Å². The molecule has 0 saturated heterocycles. The van der Waals surface area contributed by atoms with Gasteiger partial charge in [0.2, 0.25) is 0 Å². The summed E-state index contributed by atoms with van der Waals surface area (Å²) in [4.78, 5) is 10.9. The average molecular weight is 434 g/mol. The molecule has 0 spiro atoms. The van der Waals surface area contributed by atoms with Crippen LogP contribution in [-0.4, -0.2) is 21.3 Å². The highest BCUT2D eigenvalue weighted by atomic mass is 16.4. The van der Waals surface area contributed by atoms with Crippen LogP contribution >= 0.6 is 0 Å². The Hall–Kier alpha value is -4.43. The van der Waals surface area contributed by atoms with Crippen LogP contribution in [0, 0.1) is 18.3 Å². The lowest BCUT2D eigenvalue weighted by Crippen LogP contribution is -1.97. The van der Waals surface area contributed by atoms with Crippen molar-refractivity contribution in [3.63, 3.8) is 0 Å². The quantitative estimate of drug-likeness (QED) is 0.279. The molecule has 0 amide bonds. The van der Waals surface area contributed by atoms with Crippen LogP contribution in [0.5, 0.6) is 0 Å². The van der Waals surface area contributed by atoms with E-state index < -0.39 is 5.97 Å². The van der Waals surface area contributed by atoms with Crippen molar-refractivity contribution in [1.29, 1.82) is 5.26 Å². The van der Waals surface area contributed by atoms with E-state index in [1.54, 1.807) is 6.08 Å². The van der Waals surface area contributed by atoms with Gasteiger partial charge in [-0.3, -0.25) is 5.10 Å². The predicted molar refractivity (Wildman–Crippen MR) is 131 cm³/mol. The Balaban J connectivity index is 1.94. The van der Waals surface area contributed by atoms with Crippen molar-refractivity contribution >= 4 is 34.1 Å². The predicted octanol–water partition coefficient (Wildman–Crippen LogP) is 6.21. The summed E-state index contributed by atoms with van der Waals surface area (Å²) in [7, 11) is 0. The summed E-state index contributed by atoms with van der Waals surface area (Å²) >= 11 is 0. The van der Waals surface area contributed by atoms with Crippen LogP contribution in [0.15, 0.2) is 72.9 Å². The lowest BCUT2D eigenvalue weighted by atomic mass is 9.86. The third-order valence-corrected chi connectivity index (χ3v) is 5.68. The molecule has 0 radical (unpaired) electrons. The van der Waals surface area contributed by atoms with Crippen LogP contribution in [0.3, 0.4) is 0 Å². The number of aryl methyl sites for hydroxylation is 1. The first-order chi connectivity index (χ1) is 16.0. The molecule has 5 heteroatoms. The molecule has 0 atom stereocenters. The number of hydrogen-bond acceptors (Lipinski definition) is 3. The normalized spacial score (nSPS) is 12.0. The molecule has 0 saturated carbocycles. The maximum Gasteiger partial charge on any atom is 0.328 e. The molecule has 0 bridgehead atoms. The largest absolute Gasteiger partial charge is 0.478 e. The molecule has 0 unspecified atom stereocenters. The summed E-state index contributed by atoms with van der Waals surface area (Å²) in [6.07, 6.45) is 5.33. The zero-order chi connectivity index (χ0) is 23.4. The number of carboxylic acid groups (broad SMARTS) is 1. The molecule has 33 heavy (non-hydrogen) atoms. The van der Waals surface area contributed by atoms with E-state index in [9.17, 15) is 10.1 Å². The molecule has 2 N–H and O–H groups in total. The number of benzene rings is 3. The van der Waals surface area contributed by atoms with Gasteiger partial charge in [0.1, 0.15) is 0 Å². The van der Waals surface area contributed by atoms with Gasteiger partial charge in [-0.15, -0.1) is 0 Å². The topological polar surface area (TPSA) is 89.8 Å². The second-order valence-corrected chi connectivity index (χ2v) is 7.81. The molecule has 0 aliphatic carbocycles. The van der Waals surface area contributed by atoms with Gasteiger partial charge in [0.05, 0.1) is 23.3 Å². The summed E-state index contributed by atoms with van der Waals surface area (Å²) in [5.74, 6) is -0.974. The molecule has 162 valence electrons. The number of aromatic nitrogens is 2. The van der Waals surface area contributed by atoms with Crippen LogP contribution in [0.4, 0.5) is 0 Å². The zero-order valence-corrected chi connectivity index (χ0v) is 18.5. The second-order valence-electron chi connectivity index (χ2n) is 7.81. The van der Waals surface area contributed by atoms with Gasteiger partial charge in [-0.2, -0.15) is 10.4 Å². The monoisotopic (exact) mass is 433 g/mol. The van der Waals surface area contributed by atoms with Gasteiger partial charge in [-0.05, 0) is 82.6 Å². The van der Waals surface area contributed by atoms with Crippen molar-refractivity contribution in [3.05, 3.63) is 106 Å². The first-order valence-corrected chi connectivity index (χ1v) is 10.7. The molecule has 1 heterocycles. The highest BCUT2D eigenvalue weighted by molar-refractivity contribution is 6.01. The Kier molecular flexibility index (Phi) is 6.19. The molecule has 0 fully saturated rings. The SMILES string of the molecule is CC/C(=C(\c1ccc(/C=C/C(=O)O)cc1)c1ccc2[nH]ncc2c1)c1ccc(C#N)cc1C. The number of fused-ring (bicyclic) bond motifs is 1. The maximum absolute atomic E-state index is 10.9. The Morgan fingerprint density at radius 1 is 1.09 bits per heavy atom. The minimum Gasteiger partial charge on any atom is -0.478 e. The van der Waals surface area contributed by atoms with Crippen molar-refractivity contribution in [3.8, 4) is 6.07 Å². The minimum atomic E-state index is -0.974. The summed E-state index contributed by atoms with van der Waals surface area (Å²) in [5, 5.41) is 26.4. The second kappa shape index (κ2) is 9.37. The molecule has 0 aliphatic heterocycles. The van der Waals surface area contributed by atoms with Crippen LogP contribution in [0.2, 0.25) is 0 Å². The van der Waals surface area contributed by atoms with Crippen molar-refractivity contribution in [2.24, 2.45) is 0 Å². The lowest BCUT2D eigenvalue weighted by Gasteiger charge is -2.18. The number of rotatable bonds is 6. The number of H-pyrrole nitrogens is 1. The fourth-order valence-electron chi connectivity index (χ4n) is 4.12. The van der Waals surface area contributed by atoms with Crippen molar-refractivity contribution in [2.45, 2.75) is 20.3 Å². The summed E-state index contributed by atoms with van der Waals surface area (Å²) in [6.45, 7) is 4.16. The third-order valence-electron chi connectivity index (χ3n) is 5.68. The van der Waals surface area contributed by atoms with Crippen LogP contribution in [0.25, 0.3) is 28.1 Å². The van der Waals surface area contributed by atoms with Gasteiger partial charge in [0.15, 0.2) is 0 Å². The maximum atomic E-state index is 10.9. The molecule has 0 aliphatic rings. The highest BCUT2D eigenvalue weighted by Gasteiger charge is 2.16. The number of aromatic amines is 1. The number of carboxylic acids is 1. The standard InChI is InChI=1S/C28H23N3O2/c1-3-24(25-11-6-20(16-29)14-18(25)2)28(22-10-12-26-23(15-22)17-30-31-26)21-8-4-19(5-9-21)7-13-27(32)33/h4-15,17H,3H2,1-2H3,(H,30,31)(H,32,33)/b13-7+,28-24-. The van der Waals surface area contributed by atoms with Crippen LogP contribution in [-0.2, 0) is 4.79 Å². The molecule has 1 aromatic heterocycles. The fraction of sp³-hybridized carbons (Fsp3) is 0.107. The highest BCUT2D eigenvalue weighted by Crippen LogP contribution is 2.37. The number of hydrogen-bond donors (Lipinski definition) is 2. The Morgan fingerprint density at radius 2 is 1.85 bits per heavy atom. The first kappa shape index (κ1) is 21.8. The van der Waals surface area contributed by atoms with Gasteiger partial charge in [-0.25, -0.2) is 4.79 Å². The molecular formula is C28H23N3O2. The fourth-order valence-corrected chi connectivity index (χ4v) is 4.12. The minimum absolute atomic E-state index is 0.641. The Labute approximate surface area is 192 Å². The van der Waals surface area contributed by atoms with E-state index in [1.807, 2.05) is 61.7 Å². The van der Waals surface area contributed by atoms with Crippen LogP contribution in [0.1, 0.15) is 46.7 Å². The van der Waals surface area contributed by atoms with Gasteiger partial charge in [-0.1, -0.05) is 43.3 Å². The van der Waals surface area contributed by atoms with Crippen molar-refractivity contribution in [1.82, 2.24) is 10.2 Å². The summed E-state index contributed by atoms with van der Waals surface area (Å²) in [6, 6.07) is 22.1. The van der Waals surface area contributed by atoms with Crippen LogP contribution < -0.4 is 0 Å². The van der Waals surface area contributed by atoms with E-state index in [0.29, 0.717) is 5.56 Å². The van der Waals surface area contributed by atoms with E-state index in [0.717, 1.165) is 56.8 Å². The molecule has 3 aromatic carbocycles. The Morgan fingerprint density at radius 3 is 2.52 bits per heavy atom.